The molecule has 2 aromatic heterocycles. The van der Waals surface area contributed by atoms with E-state index in [1.807, 2.05) is 31.2 Å². The highest BCUT2D eigenvalue weighted by molar-refractivity contribution is 6.31. The average molecular weight is 541 g/mol. The Morgan fingerprint density at radius 3 is 2.64 bits per heavy atom. The number of hydrogen-bond donors (Lipinski definition) is 0. The average Bonchev–Trinajstić information content (AvgIpc) is 3.36. The van der Waals surface area contributed by atoms with Gasteiger partial charge in [0, 0.05) is 34.3 Å². The van der Waals surface area contributed by atoms with Crippen molar-refractivity contribution < 1.29 is 18.4 Å². The maximum Gasteiger partial charge on any atom is 0.345 e. The minimum atomic E-state index is -0.548. The highest BCUT2D eigenvalue weighted by Crippen LogP contribution is 2.36. The minimum Gasteiger partial charge on any atom is -0.484 e. The van der Waals surface area contributed by atoms with Gasteiger partial charge in [0.15, 0.2) is 6.61 Å². The molecule has 194 valence electrons. The fraction of sp³-hybridized carbons (Fsp3) is 0.133. The summed E-state index contributed by atoms with van der Waals surface area (Å²) in [6.07, 6.45) is 0.263. The zero-order chi connectivity index (χ0) is 27.1. The van der Waals surface area contributed by atoms with Crippen molar-refractivity contribution in [1.82, 2.24) is 5.01 Å². The quantitative estimate of drug-likeness (QED) is 0.268. The van der Waals surface area contributed by atoms with E-state index in [0.717, 1.165) is 16.3 Å². The number of hydrogen-bond acceptors (Lipinski definition) is 7. The predicted octanol–water partition coefficient (Wildman–Crippen LogP) is 5.62. The number of ether oxygens (including phenoxy) is 1. The van der Waals surface area contributed by atoms with E-state index in [1.54, 1.807) is 48.5 Å². The molecule has 6 rings (SSSR count). The van der Waals surface area contributed by atoms with Crippen LogP contribution < -0.4 is 16.0 Å². The van der Waals surface area contributed by atoms with Crippen LogP contribution in [0.25, 0.3) is 21.9 Å². The first-order valence-electron chi connectivity index (χ1n) is 12.2. The first kappa shape index (κ1) is 24.6. The Kier molecular flexibility index (Phi) is 6.24. The molecular weight excluding hydrogens is 520 g/mol. The molecule has 0 fully saturated rings. The van der Waals surface area contributed by atoms with Gasteiger partial charge in [-0.3, -0.25) is 4.79 Å². The molecule has 0 saturated heterocycles. The van der Waals surface area contributed by atoms with Crippen molar-refractivity contribution in [3.8, 4) is 5.75 Å². The van der Waals surface area contributed by atoms with Gasteiger partial charge in [0.25, 0.3) is 5.91 Å². The van der Waals surface area contributed by atoms with Crippen molar-refractivity contribution in [2.75, 3.05) is 6.61 Å². The van der Waals surface area contributed by atoms with E-state index >= 15 is 0 Å². The number of fused-ring (bicyclic) bond motifs is 2. The lowest BCUT2D eigenvalue weighted by atomic mass is 9.98. The Balaban J connectivity index is 1.32. The predicted molar refractivity (Wildman–Crippen MR) is 147 cm³/mol. The van der Waals surface area contributed by atoms with E-state index in [1.165, 1.54) is 11.1 Å². The number of benzene rings is 3. The molecule has 1 amide bonds. The normalized spacial score (nSPS) is 15.1. The van der Waals surface area contributed by atoms with Crippen LogP contribution >= 0.6 is 11.6 Å². The molecule has 3 heterocycles. The van der Waals surface area contributed by atoms with Gasteiger partial charge in [0.05, 0.1) is 17.3 Å². The number of rotatable bonds is 5. The molecule has 1 unspecified atom stereocenters. The van der Waals surface area contributed by atoms with Gasteiger partial charge in [-0.2, -0.15) is 5.10 Å². The maximum atomic E-state index is 13.4. The fourth-order valence-corrected chi connectivity index (χ4v) is 5.02. The number of carbonyl (C=O) groups is 1. The van der Waals surface area contributed by atoms with E-state index < -0.39 is 23.2 Å². The zero-order valence-electron chi connectivity index (χ0n) is 20.7. The molecule has 0 aliphatic carbocycles. The van der Waals surface area contributed by atoms with Crippen LogP contribution in [0.1, 0.15) is 29.2 Å². The number of para-hydroxylation sites is 1. The number of aryl methyl sites for hydroxylation is 1. The SMILES string of the molecule is Cc1cc(=O)oc2cc(OCC(=O)N3N=C(c4cc5ccccc5oc4=O)CC3c3ccccc3Cl)ccc12. The summed E-state index contributed by atoms with van der Waals surface area (Å²) in [5, 5.41) is 7.85. The van der Waals surface area contributed by atoms with Gasteiger partial charge < -0.3 is 13.6 Å². The van der Waals surface area contributed by atoms with E-state index in [0.29, 0.717) is 33.2 Å². The van der Waals surface area contributed by atoms with Crippen LogP contribution in [-0.2, 0) is 4.79 Å². The topological polar surface area (TPSA) is 102 Å². The van der Waals surface area contributed by atoms with Gasteiger partial charge in [0.1, 0.15) is 16.9 Å². The van der Waals surface area contributed by atoms with Gasteiger partial charge in [0.2, 0.25) is 0 Å². The summed E-state index contributed by atoms with van der Waals surface area (Å²) in [6, 6.07) is 22.0. The standard InChI is InChI=1S/C30H21ClN2O6/c1-17-12-29(35)38-27-14-19(10-11-20(17)27)37-16-28(34)33-25(21-7-3-4-8-23(21)31)15-24(32-33)22-13-18-6-2-5-9-26(18)39-30(22)36/h2-14,25H,15-16H2,1H3. The zero-order valence-corrected chi connectivity index (χ0v) is 21.5. The minimum absolute atomic E-state index is 0.263. The van der Waals surface area contributed by atoms with Crippen LogP contribution in [0.3, 0.4) is 0 Å². The summed E-state index contributed by atoms with van der Waals surface area (Å²) in [5.74, 6) is -0.0802. The van der Waals surface area contributed by atoms with E-state index in [9.17, 15) is 14.4 Å². The lowest BCUT2D eigenvalue weighted by Crippen LogP contribution is -2.31. The number of amides is 1. The highest BCUT2D eigenvalue weighted by atomic mass is 35.5. The number of nitrogens with zero attached hydrogens (tertiary/aromatic N) is 2. The third kappa shape index (κ3) is 4.70. The van der Waals surface area contributed by atoms with Gasteiger partial charge in [-0.25, -0.2) is 14.6 Å². The Hall–Kier alpha value is -4.69. The first-order chi connectivity index (χ1) is 18.9. The summed E-state index contributed by atoms with van der Waals surface area (Å²) in [4.78, 5) is 38.1. The number of carbonyl (C=O) groups excluding carboxylic acids is 1. The molecule has 3 aromatic carbocycles. The van der Waals surface area contributed by atoms with Crippen molar-refractivity contribution in [2.45, 2.75) is 19.4 Å². The molecule has 39 heavy (non-hydrogen) atoms. The largest absolute Gasteiger partial charge is 0.484 e. The molecule has 1 atom stereocenters. The van der Waals surface area contributed by atoms with Crippen LogP contribution in [-0.4, -0.2) is 23.2 Å². The van der Waals surface area contributed by atoms with Crippen LogP contribution in [0.15, 0.2) is 102 Å². The first-order valence-corrected chi connectivity index (χ1v) is 12.6. The third-order valence-corrected chi connectivity index (χ3v) is 7.01. The Morgan fingerprint density at radius 1 is 1.00 bits per heavy atom. The smallest absolute Gasteiger partial charge is 0.345 e. The van der Waals surface area contributed by atoms with Gasteiger partial charge in [-0.15, -0.1) is 0 Å². The lowest BCUT2D eigenvalue weighted by molar-refractivity contribution is -0.135. The van der Waals surface area contributed by atoms with Crippen molar-refractivity contribution in [2.24, 2.45) is 5.10 Å². The molecule has 5 aromatic rings. The second kappa shape index (κ2) is 9.89. The maximum absolute atomic E-state index is 13.4. The van der Waals surface area contributed by atoms with Crippen LogP contribution in [0.2, 0.25) is 5.02 Å². The van der Waals surface area contributed by atoms with Crippen molar-refractivity contribution in [3.05, 3.63) is 121 Å². The Bertz CT molecular complexity index is 1910. The molecule has 1 aliphatic rings. The monoisotopic (exact) mass is 540 g/mol. The van der Waals surface area contributed by atoms with Crippen molar-refractivity contribution in [1.29, 1.82) is 0 Å². The van der Waals surface area contributed by atoms with Gasteiger partial charge in [-0.1, -0.05) is 48.0 Å². The molecule has 0 saturated carbocycles. The third-order valence-electron chi connectivity index (χ3n) is 6.67. The molecule has 0 N–H and O–H groups in total. The summed E-state index contributed by atoms with van der Waals surface area (Å²) in [7, 11) is 0. The molecular formula is C30H21ClN2O6. The van der Waals surface area contributed by atoms with E-state index in [-0.39, 0.29) is 18.6 Å². The fourth-order valence-electron chi connectivity index (χ4n) is 4.76. The van der Waals surface area contributed by atoms with Crippen LogP contribution in [0.5, 0.6) is 5.75 Å². The van der Waals surface area contributed by atoms with Gasteiger partial charge in [-0.05, 0) is 48.4 Å². The molecule has 1 aliphatic heterocycles. The van der Waals surface area contributed by atoms with Crippen molar-refractivity contribution >= 4 is 45.2 Å². The van der Waals surface area contributed by atoms with E-state index in [2.05, 4.69) is 5.10 Å². The number of hydrazone groups is 1. The van der Waals surface area contributed by atoms with Crippen LogP contribution in [0, 0.1) is 6.92 Å². The summed E-state index contributed by atoms with van der Waals surface area (Å²) < 4.78 is 16.5. The van der Waals surface area contributed by atoms with Gasteiger partial charge >= 0.3 is 11.3 Å². The summed E-state index contributed by atoms with van der Waals surface area (Å²) in [5.41, 5.74) is 2.00. The highest BCUT2D eigenvalue weighted by Gasteiger charge is 2.35. The van der Waals surface area contributed by atoms with E-state index in [4.69, 9.17) is 25.2 Å². The summed E-state index contributed by atoms with van der Waals surface area (Å²) >= 11 is 6.50. The molecule has 8 nitrogen and oxygen atoms in total. The number of halogens is 1. The summed E-state index contributed by atoms with van der Waals surface area (Å²) in [6.45, 7) is 1.48. The Morgan fingerprint density at radius 2 is 1.79 bits per heavy atom. The lowest BCUT2D eigenvalue weighted by Gasteiger charge is -2.23. The van der Waals surface area contributed by atoms with Crippen LogP contribution in [0.4, 0.5) is 0 Å². The molecule has 0 spiro atoms. The second-order valence-electron chi connectivity index (χ2n) is 9.21. The molecule has 9 heteroatoms. The molecule has 0 bridgehead atoms. The van der Waals surface area contributed by atoms with Crippen molar-refractivity contribution in [3.63, 3.8) is 0 Å². The second-order valence-corrected chi connectivity index (χ2v) is 9.61. The Labute approximate surface area is 226 Å². The molecule has 0 radical (unpaired) electrons.